The summed E-state index contributed by atoms with van der Waals surface area (Å²) in [5.74, 6) is -0.261. The van der Waals surface area contributed by atoms with Crippen LogP contribution in [0.1, 0.15) is 103 Å². The van der Waals surface area contributed by atoms with Gasteiger partial charge in [0.2, 0.25) is 0 Å². The zero-order chi connectivity index (χ0) is 28.8. The predicted octanol–water partition coefficient (Wildman–Crippen LogP) is 5.06. The largest absolute Gasteiger partial charge is 0.416 e. The fourth-order valence-electron chi connectivity index (χ4n) is 7.07. The first-order chi connectivity index (χ1) is 19.7. The second-order valence-electron chi connectivity index (χ2n) is 12.3. The van der Waals surface area contributed by atoms with Gasteiger partial charge in [-0.25, -0.2) is 4.79 Å². The summed E-state index contributed by atoms with van der Waals surface area (Å²) in [7, 11) is 0. The lowest BCUT2D eigenvalue weighted by molar-refractivity contribution is -0.138. The first-order valence-electron chi connectivity index (χ1n) is 14.9. The smallest absolute Gasteiger partial charge is 0.394 e. The Labute approximate surface area is 237 Å². The van der Waals surface area contributed by atoms with Gasteiger partial charge in [-0.3, -0.25) is 9.48 Å². The number of amides is 3. The number of nitrogens with zero attached hydrogens (tertiary/aromatic N) is 4. The number of carbonyl (C=O) groups is 2. The van der Waals surface area contributed by atoms with E-state index in [0.29, 0.717) is 44.5 Å². The monoisotopic (exact) mass is 573 g/mol. The van der Waals surface area contributed by atoms with Crippen molar-refractivity contribution < 1.29 is 27.9 Å². The van der Waals surface area contributed by atoms with E-state index in [0.717, 1.165) is 50.3 Å². The molecular weight excluding hydrogens is 535 g/mol. The van der Waals surface area contributed by atoms with Crippen LogP contribution in [0.5, 0.6) is 0 Å². The Kier molecular flexibility index (Phi) is 7.50. The molecule has 2 saturated carbocycles. The summed E-state index contributed by atoms with van der Waals surface area (Å²) in [5, 5.41) is 17.6. The van der Waals surface area contributed by atoms with Crippen molar-refractivity contribution in [1.29, 1.82) is 0 Å². The standard InChI is InChI=1S/C30H38F3N5O3/c31-30(32,33)25-6-2-1-5-23(25)21-9-14-37(18-21)27(40)24-17-34-38(26(24)20-7-8-20)22-10-15-36(16-11-22)28(41)35-29(19-39)12-3-4-13-29/h1-2,5-6,17,20-22,39H,3-4,7-16,18-19H2,(H,35,41). The number of hydrogen-bond donors (Lipinski definition) is 2. The Bertz CT molecular complexity index is 1280. The molecule has 6 rings (SSSR count). The summed E-state index contributed by atoms with van der Waals surface area (Å²) in [4.78, 5) is 30.1. The predicted molar refractivity (Wildman–Crippen MR) is 146 cm³/mol. The Morgan fingerprint density at radius 2 is 1.66 bits per heavy atom. The Balaban J connectivity index is 1.12. The molecule has 2 N–H and O–H groups in total. The van der Waals surface area contributed by atoms with E-state index in [4.69, 9.17) is 0 Å². The van der Waals surface area contributed by atoms with Gasteiger partial charge in [-0.2, -0.15) is 18.3 Å². The lowest BCUT2D eigenvalue weighted by Crippen LogP contribution is -2.55. The van der Waals surface area contributed by atoms with Crippen molar-refractivity contribution in [1.82, 2.24) is 24.9 Å². The number of carbonyl (C=O) groups excluding carboxylic acids is 2. The van der Waals surface area contributed by atoms with Crippen LogP contribution >= 0.6 is 0 Å². The molecule has 8 nitrogen and oxygen atoms in total. The number of alkyl halides is 3. The molecule has 1 aromatic carbocycles. The van der Waals surface area contributed by atoms with Crippen LogP contribution in [0.25, 0.3) is 0 Å². The van der Waals surface area contributed by atoms with Crippen LogP contribution in [0.15, 0.2) is 30.5 Å². The Morgan fingerprint density at radius 3 is 2.32 bits per heavy atom. The highest BCUT2D eigenvalue weighted by Gasteiger charge is 2.41. The summed E-state index contributed by atoms with van der Waals surface area (Å²) < 4.78 is 42.8. The average Bonchev–Trinajstić information content (AvgIpc) is 3.34. The molecule has 3 amide bonds. The van der Waals surface area contributed by atoms with Gasteiger partial charge in [0.15, 0.2) is 0 Å². The van der Waals surface area contributed by atoms with Crippen molar-refractivity contribution in [3.8, 4) is 0 Å². The summed E-state index contributed by atoms with van der Waals surface area (Å²) >= 11 is 0. The van der Waals surface area contributed by atoms with E-state index in [-0.39, 0.29) is 48.5 Å². The van der Waals surface area contributed by atoms with E-state index in [1.807, 2.05) is 9.58 Å². The molecule has 1 aromatic heterocycles. The molecule has 2 aliphatic heterocycles. The second-order valence-corrected chi connectivity index (χ2v) is 12.3. The highest BCUT2D eigenvalue weighted by atomic mass is 19.4. The van der Waals surface area contributed by atoms with E-state index < -0.39 is 17.3 Å². The molecule has 2 aromatic rings. The third-order valence-corrected chi connectivity index (χ3v) is 9.54. The summed E-state index contributed by atoms with van der Waals surface area (Å²) in [6.07, 6.45) is 4.71. The van der Waals surface area contributed by atoms with Crippen molar-refractivity contribution in [2.24, 2.45) is 0 Å². The minimum atomic E-state index is -4.43. The van der Waals surface area contributed by atoms with Crippen molar-refractivity contribution in [2.45, 2.75) is 87.4 Å². The fourth-order valence-corrected chi connectivity index (χ4v) is 7.07. The molecule has 1 unspecified atom stereocenters. The van der Waals surface area contributed by atoms with Gasteiger partial charge in [0, 0.05) is 38.0 Å². The number of halogens is 3. The third-order valence-electron chi connectivity index (χ3n) is 9.54. The molecule has 1 atom stereocenters. The van der Waals surface area contributed by atoms with Crippen LogP contribution in [0.3, 0.4) is 0 Å². The maximum Gasteiger partial charge on any atom is 0.416 e. The molecule has 4 aliphatic rings. The molecule has 0 spiro atoms. The van der Waals surface area contributed by atoms with Crippen molar-refractivity contribution >= 4 is 11.9 Å². The molecule has 0 bridgehead atoms. The minimum absolute atomic E-state index is 0.0450. The molecule has 4 fully saturated rings. The maximum atomic E-state index is 13.7. The quantitative estimate of drug-likeness (QED) is 0.506. The van der Waals surface area contributed by atoms with Gasteiger partial charge in [0.05, 0.1) is 41.2 Å². The van der Waals surface area contributed by atoms with Crippen LogP contribution in [0, 0.1) is 0 Å². The van der Waals surface area contributed by atoms with E-state index in [1.54, 1.807) is 17.2 Å². The maximum absolute atomic E-state index is 13.7. The topological polar surface area (TPSA) is 90.7 Å². The van der Waals surface area contributed by atoms with Gasteiger partial charge < -0.3 is 20.2 Å². The Morgan fingerprint density at radius 1 is 0.976 bits per heavy atom. The molecule has 0 radical (unpaired) electrons. The van der Waals surface area contributed by atoms with Crippen LogP contribution in [-0.4, -0.2) is 74.9 Å². The Hall–Kier alpha value is -3.08. The van der Waals surface area contributed by atoms with E-state index in [2.05, 4.69) is 10.4 Å². The van der Waals surface area contributed by atoms with Crippen molar-refractivity contribution in [2.75, 3.05) is 32.8 Å². The highest BCUT2D eigenvalue weighted by molar-refractivity contribution is 5.95. The fraction of sp³-hybridized carbons (Fsp3) is 0.633. The molecule has 41 heavy (non-hydrogen) atoms. The molecule has 2 aliphatic carbocycles. The molecule has 2 saturated heterocycles. The van der Waals surface area contributed by atoms with E-state index in [1.165, 1.54) is 12.1 Å². The van der Waals surface area contributed by atoms with Gasteiger partial charge in [-0.1, -0.05) is 31.0 Å². The number of nitrogens with one attached hydrogen (secondary N) is 1. The summed E-state index contributed by atoms with van der Waals surface area (Å²) in [6, 6.07) is 5.60. The zero-order valence-corrected chi connectivity index (χ0v) is 23.2. The van der Waals surface area contributed by atoms with Crippen molar-refractivity contribution in [3.63, 3.8) is 0 Å². The minimum Gasteiger partial charge on any atom is -0.394 e. The van der Waals surface area contributed by atoms with Crippen LogP contribution in [0.4, 0.5) is 18.0 Å². The second kappa shape index (κ2) is 11.0. The first-order valence-corrected chi connectivity index (χ1v) is 14.9. The molecule has 3 heterocycles. The van der Waals surface area contributed by atoms with Crippen LogP contribution in [0.2, 0.25) is 0 Å². The summed E-state index contributed by atoms with van der Waals surface area (Å²) in [6.45, 7) is 1.75. The number of aliphatic hydroxyl groups excluding tert-OH is 1. The SMILES string of the molecule is O=C(NC1(CO)CCCC1)N1CCC(n2ncc(C(=O)N3CCC(c4ccccc4C(F)(F)F)C3)c2C2CC2)CC1. The number of aliphatic hydroxyl groups is 1. The lowest BCUT2D eigenvalue weighted by atomic mass is 9.93. The normalized spacial score (nSPS) is 23.3. The third kappa shape index (κ3) is 5.57. The van der Waals surface area contributed by atoms with Crippen molar-refractivity contribution in [3.05, 3.63) is 52.8 Å². The number of piperidine rings is 1. The number of urea groups is 1. The van der Waals surface area contributed by atoms with Gasteiger partial charge in [0.25, 0.3) is 5.91 Å². The number of likely N-dealkylation sites (tertiary alicyclic amines) is 2. The van der Waals surface area contributed by atoms with Gasteiger partial charge in [0.1, 0.15) is 0 Å². The summed E-state index contributed by atoms with van der Waals surface area (Å²) in [5.41, 5.74) is 0.613. The lowest BCUT2D eigenvalue weighted by Gasteiger charge is -2.36. The number of aromatic nitrogens is 2. The van der Waals surface area contributed by atoms with Gasteiger partial charge >= 0.3 is 12.2 Å². The number of hydrogen-bond acceptors (Lipinski definition) is 4. The number of rotatable bonds is 6. The highest BCUT2D eigenvalue weighted by Crippen LogP contribution is 2.44. The van der Waals surface area contributed by atoms with E-state index >= 15 is 0 Å². The average molecular weight is 574 g/mol. The van der Waals surface area contributed by atoms with Crippen LogP contribution in [-0.2, 0) is 6.18 Å². The zero-order valence-electron chi connectivity index (χ0n) is 23.2. The van der Waals surface area contributed by atoms with Crippen LogP contribution < -0.4 is 5.32 Å². The first kappa shape index (κ1) is 28.1. The number of benzene rings is 1. The van der Waals surface area contributed by atoms with Gasteiger partial charge in [-0.15, -0.1) is 0 Å². The van der Waals surface area contributed by atoms with Gasteiger partial charge in [-0.05, 0) is 56.6 Å². The molecule has 11 heteroatoms. The molecule has 222 valence electrons. The molecular formula is C30H38F3N5O3. The van der Waals surface area contributed by atoms with E-state index in [9.17, 15) is 27.9 Å².